The fraction of sp³-hybridized carbons (Fsp3) is 0.100. The highest BCUT2D eigenvalue weighted by molar-refractivity contribution is 8.00. The highest BCUT2D eigenvalue weighted by Crippen LogP contribution is 2.42. The maximum atomic E-state index is 13.6. The van der Waals surface area contributed by atoms with Gasteiger partial charge in [-0.3, -0.25) is 14.5 Å². The summed E-state index contributed by atoms with van der Waals surface area (Å²) in [5.74, 6) is -0.289. The summed E-state index contributed by atoms with van der Waals surface area (Å²) in [6.45, 7) is 0. The molecule has 2 amide bonds. The van der Waals surface area contributed by atoms with Gasteiger partial charge in [-0.15, -0.1) is 23.1 Å². The lowest BCUT2D eigenvalue weighted by Crippen LogP contribution is -2.27. The number of halogens is 1. The van der Waals surface area contributed by atoms with Crippen molar-refractivity contribution in [2.24, 2.45) is 0 Å². The highest BCUT2D eigenvalue weighted by Gasteiger charge is 2.34. The van der Waals surface area contributed by atoms with Gasteiger partial charge >= 0.3 is 0 Å². The molecule has 1 saturated heterocycles. The van der Waals surface area contributed by atoms with Gasteiger partial charge in [-0.2, -0.15) is 0 Å². The molecule has 0 aliphatic carbocycles. The van der Waals surface area contributed by atoms with E-state index >= 15 is 0 Å². The Morgan fingerprint density at radius 2 is 1.96 bits per heavy atom. The zero-order valence-electron chi connectivity index (χ0n) is 14.1. The van der Waals surface area contributed by atoms with Crippen molar-refractivity contribution in [3.05, 3.63) is 82.3 Å². The molecule has 2 heterocycles. The molecular weight excluding hydrogens is 383 g/mol. The van der Waals surface area contributed by atoms with E-state index in [0.29, 0.717) is 22.0 Å². The number of benzene rings is 2. The monoisotopic (exact) mass is 398 g/mol. The second-order valence-electron chi connectivity index (χ2n) is 5.96. The first-order valence-corrected chi connectivity index (χ1v) is 10.2. The van der Waals surface area contributed by atoms with Crippen LogP contribution in [0, 0.1) is 5.82 Å². The lowest BCUT2D eigenvalue weighted by atomic mass is 10.1. The number of hydrogen-bond donors (Lipinski definition) is 1. The smallest absolute Gasteiger partial charge is 0.265 e. The van der Waals surface area contributed by atoms with Crippen molar-refractivity contribution in [2.45, 2.75) is 5.37 Å². The Morgan fingerprint density at radius 1 is 1.11 bits per heavy atom. The van der Waals surface area contributed by atoms with Gasteiger partial charge in [0, 0.05) is 11.4 Å². The first kappa shape index (κ1) is 17.8. The van der Waals surface area contributed by atoms with E-state index in [9.17, 15) is 14.0 Å². The summed E-state index contributed by atoms with van der Waals surface area (Å²) in [4.78, 5) is 26.9. The molecule has 1 aliphatic heterocycles. The van der Waals surface area contributed by atoms with Gasteiger partial charge in [0.2, 0.25) is 5.91 Å². The van der Waals surface area contributed by atoms with Gasteiger partial charge in [0.05, 0.1) is 10.6 Å². The van der Waals surface area contributed by atoms with Crippen LogP contribution in [-0.2, 0) is 4.79 Å². The van der Waals surface area contributed by atoms with Gasteiger partial charge in [0.25, 0.3) is 5.91 Å². The second-order valence-corrected chi connectivity index (χ2v) is 7.98. The Morgan fingerprint density at radius 3 is 2.74 bits per heavy atom. The van der Waals surface area contributed by atoms with Crippen LogP contribution in [0.4, 0.5) is 15.8 Å². The van der Waals surface area contributed by atoms with Crippen LogP contribution in [0.5, 0.6) is 0 Å². The predicted molar refractivity (Wildman–Crippen MR) is 108 cm³/mol. The van der Waals surface area contributed by atoms with Crippen molar-refractivity contribution in [1.82, 2.24) is 0 Å². The first-order chi connectivity index (χ1) is 13.1. The molecule has 4 nitrogen and oxygen atoms in total. The summed E-state index contributed by atoms with van der Waals surface area (Å²) in [5.41, 5.74) is 2.06. The number of thioether (sulfide) groups is 1. The number of thiophene rings is 1. The minimum absolute atomic E-state index is 0.0661. The minimum atomic E-state index is -0.382. The number of hydrogen-bond acceptors (Lipinski definition) is 4. The number of carbonyl (C=O) groups is 2. The number of rotatable bonds is 4. The molecule has 4 rings (SSSR count). The molecule has 2 aromatic carbocycles. The molecule has 3 aromatic rings. The third-order valence-corrected chi connectivity index (χ3v) is 6.21. The van der Waals surface area contributed by atoms with E-state index in [2.05, 4.69) is 5.32 Å². The van der Waals surface area contributed by atoms with Crippen LogP contribution < -0.4 is 10.2 Å². The molecule has 1 aromatic heterocycles. The molecule has 1 aliphatic rings. The fourth-order valence-electron chi connectivity index (χ4n) is 2.95. The number of amides is 2. The summed E-state index contributed by atoms with van der Waals surface area (Å²) in [7, 11) is 0. The molecule has 27 heavy (non-hydrogen) atoms. The minimum Gasteiger partial charge on any atom is -0.321 e. The number of nitrogens with one attached hydrogen (secondary N) is 1. The quantitative estimate of drug-likeness (QED) is 0.679. The Labute approximate surface area is 164 Å². The van der Waals surface area contributed by atoms with Crippen molar-refractivity contribution in [2.75, 3.05) is 16.0 Å². The highest BCUT2D eigenvalue weighted by atomic mass is 32.2. The van der Waals surface area contributed by atoms with Crippen molar-refractivity contribution in [3.63, 3.8) is 0 Å². The average molecular weight is 398 g/mol. The number of nitrogens with zero attached hydrogens (tertiary/aromatic N) is 1. The van der Waals surface area contributed by atoms with Gasteiger partial charge in [0.15, 0.2) is 0 Å². The van der Waals surface area contributed by atoms with E-state index in [1.807, 2.05) is 35.7 Å². The van der Waals surface area contributed by atoms with Gasteiger partial charge in [-0.05, 0) is 47.3 Å². The molecule has 7 heteroatoms. The molecule has 136 valence electrons. The molecule has 0 spiro atoms. The van der Waals surface area contributed by atoms with Crippen LogP contribution >= 0.6 is 23.1 Å². The van der Waals surface area contributed by atoms with Gasteiger partial charge in [-0.25, -0.2) is 4.39 Å². The van der Waals surface area contributed by atoms with Gasteiger partial charge in [-0.1, -0.05) is 24.3 Å². The van der Waals surface area contributed by atoms with Crippen molar-refractivity contribution < 1.29 is 14.0 Å². The Bertz CT molecular complexity index is 991. The summed E-state index contributed by atoms with van der Waals surface area (Å²) < 4.78 is 13.6. The van der Waals surface area contributed by atoms with Crippen LogP contribution in [0.25, 0.3) is 0 Å². The third kappa shape index (κ3) is 3.74. The van der Waals surface area contributed by atoms with Crippen molar-refractivity contribution in [3.8, 4) is 0 Å². The van der Waals surface area contributed by atoms with E-state index in [-0.39, 0.29) is 23.0 Å². The topological polar surface area (TPSA) is 49.4 Å². The van der Waals surface area contributed by atoms with Crippen LogP contribution in [0.15, 0.2) is 66.0 Å². The number of anilines is 2. The molecule has 1 atom stereocenters. The van der Waals surface area contributed by atoms with Gasteiger partial charge < -0.3 is 5.32 Å². The van der Waals surface area contributed by atoms with E-state index in [1.165, 1.54) is 35.2 Å². The Hall–Kier alpha value is -2.64. The molecule has 1 fully saturated rings. The molecule has 0 unspecified atom stereocenters. The maximum Gasteiger partial charge on any atom is 0.265 e. The second kappa shape index (κ2) is 7.54. The summed E-state index contributed by atoms with van der Waals surface area (Å²) in [6.07, 6.45) is 0. The molecule has 0 saturated carbocycles. The fourth-order valence-corrected chi connectivity index (χ4v) is 4.73. The Kier molecular flexibility index (Phi) is 4.96. The molecular formula is C20H15FN2O2S2. The van der Waals surface area contributed by atoms with Gasteiger partial charge in [0.1, 0.15) is 11.2 Å². The summed E-state index contributed by atoms with van der Waals surface area (Å²) >= 11 is 2.86. The summed E-state index contributed by atoms with van der Waals surface area (Å²) in [6, 6.07) is 17.0. The first-order valence-electron chi connectivity index (χ1n) is 8.26. The van der Waals surface area contributed by atoms with Crippen LogP contribution in [0.1, 0.15) is 20.6 Å². The predicted octanol–water partition coefficient (Wildman–Crippen LogP) is 4.92. The molecule has 0 radical (unpaired) electrons. The van der Waals surface area contributed by atoms with Crippen LogP contribution in [-0.4, -0.2) is 17.6 Å². The third-order valence-electron chi connectivity index (χ3n) is 4.13. The van der Waals surface area contributed by atoms with Crippen molar-refractivity contribution >= 4 is 46.3 Å². The Balaban J connectivity index is 1.60. The standard InChI is InChI=1S/C20H15FN2O2S2/c21-14-5-2-7-16(11-14)23-18(24)12-27-20(23)13-4-1-6-15(10-13)22-19(25)17-8-3-9-26-17/h1-11,20H,12H2,(H,22,25)/t20-/m1/s1. The lowest BCUT2D eigenvalue weighted by molar-refractivity contribution is -0.115. The van der Waals surface area contributed by atoms with Crippen LogP contribution in [0.2, 0.25) is 0 Å². The lowest BCUT2D eigenvalue weighted by Gasteiger charge is -2.24. The normalized spacial score (nSPS) is 16.6. The van der Waals surface area contributed by atoms with Crippen molar-refractivity contribution in [1.29, 1.82) is 0 Å². The maximum absolute atomic E-state index is 13.6. The molecule has 1 N–H and O–H groups in total. The summed E-state index contributed by atoms with van der Waals surface area (Å²) in [5, 5.41) is 4.47. The largest absolute Gasteiger partial charge is 0.321 e. The SMILES string of the molecule is O=C(Nc1cccc([C@H]2SCC(=O)N2c2cccc(F)c2)c1)c1cccs1. The number of carbonyl (C=O) groups excluding carboxylic acids is 2. The average Bonchev–Trinajstić information content (AvgIpc) is 3.32. The molecule has 0 bridgehead atoms. The van der Waals surface area contributed by atoms with E-state index in [0.717, 1.165) is 5.56 Å². The van der Waals surface area contributed by atoms with E-state index in [1.54, 1.807) is 23.1 Å². The van der Waals surface area contributed by atoms with Crippen LogP contribution in [0.3, 0.4) is 0 Å². The zero-order chi connectivity index (χ0) is 18.8. The van der Waals surface area contributed by atoms with E-state index < -0.39 is 0 Å². The van der Waals surface area contributed by atoms with E-state index in [4.69, 9.17) is 0 Å². The zero-order valence-corrected chi connectivity index (χ0v) is 15.7.